The normalized spacial score (nSPS) is 20.2. The van der Waals surface area contributed by atoms with Crippen LogP contribution in [0, 0.1) is 0 Å². The summed E-state index contributed by atoms with van der Waals surface area (Å²) in [6.45, 7) is 0. The fourth-order valence-corrected chi connectivity index (χ4v) is 2.46. The highest BCUT2D eigenvalue weighted by atomic mass is 16.3. The monoisotopic (exact) mass is 250 g/mol. The number of rotatable bonds is 0. The molecule has 0 amide bonds. The van der Waals surface area contributed by atoms with Gasteiger partial charge in [-0.1, -0.05) is 60.7 Å². The van der Waals surface area contributed by atoms with E-state index in [0.717, 1.165) is 18.4 Å². The zero-order chi connectivity index (χ0) is 13.1. The summed E-state index contributed by atoms with van der Waals surface area (Å²) in [4.78, 5) is 0. The van der Waals surface area contributed by atoms with Crippen LogP contribution in [0.2, 0.25) is 0 Å². The van der Waals surface area contributed by atoms with Crippen LogP contribution in [0.15, 0.2) is 54.6 Å². The predicted molar refractivity (Wildman–Crippen MR) is 79.0 cm³/mol. The molecule has 0 heterocycles. The smallest absolute Gasteiger partial charge is 0.0764 e. The van der Waals surface area contributed by atoms with Crippen LogP contribution < -0.4 is 0 Å². The fraction of sp³-hybridized carbons (Fsp3) is 0.222. The van der Waals surface area contributed by atoms with Crippen molar-refractivity contribution in [1.82, 2.24) is 0 Å². The van der Waals surface area contributed by atoms with Crippen molar-refractivity contribution in [3.05, 3.63) is 76.9 Å². The van der Waals surface area contributed by atoms with Crippen LogP contribution in [-0.2, 0) is 19.3 Å². The molecule has 1 N–H and O–H groups in total. The Kier molecular flexibility index (Phi) is 3.47. The summed E-state index contributed by atoms with van der Waals surface area (Å²) in [5, 5.41) is 10.0. The summed E-state index contributed by atoms with van der Waals surface area (Å²) in [6.07, 6.45) is 6.26. The molecule has 2 aromatic carbocycles. The van der Waals surface area contributed by atoms with Crippen LogP contribution >= 0.6 is 0 Å². The van der Waals surface area contributed by atoms with E-state index in [1.807, 2.05) is 12.2 Å². The molecule has 4 aliphatic carbocycles. The Morgan fingerprint density at radius 2 is 1.26 bits per heavy atom. The highest BCUT2D eigenvalue weighted by Crippen LogP contribution is 2.14. The summed E-state index contributed by atoms with van der Waals surface area (Å²) in [6, 6.07) is 17.2. The van der Waals surface area contributed by atoms with Crippen molar-refractivity contribution in [2.24, 2.45) is 0 Å². The van der Waals surface area contributed by atoms with E-state index >= 15 is 0 Å². The maximum atomic E-state index is 10.0. The first kappa shape index (κ1) is 12.2. The predicted octanol–water partition coefficient (Wildman–Crippen LogP) is 3.40. The van der Waals surface area contributed by atoms with Crippen LogP contribution in [0.5, 0.6) is 0 Å². The zero-order valence-corrected chi connectivity index (χ0v) is 10.9. The third kappa shape index (κ3) is 3.12. The molecule has 0 unspecified atom stereocenters. The number of hydrogen-bond donors (Lipinski definition) is 1. The Labute approximate surface area is 114 Å². The van der Waals surface area contributed by atoms with Gasteiger partial charge in [-0.25, -0.2) is 0 Å². The molecule has 6 rings (SSSR count). The van der Waals surface area contributed by atoms with Gasteiger partial charge < -0.3 is 5.11 Å². The molecule has 1 nitrogen and oxygen atoms in total. The van der Waals surface area contributed by atoms with Crippen LogP contribution in [0.3, 0.4) is 0 Å². The minimum atomic E-state index is -0.423. The Morgan fingerprint density at radius 1 is 0.737 bits per heavy atom. The average Bonchev–Trinajstić information content (AvgIpc) is 2.45. The van der Waals surface area contributed by atoms with Gasteiger partial charge in [-0.05, 0) is 35.1 Å². The molecule has 1 heteroatoms. The van der Waals surface area contributed by atoms with Gasteiger partial charge in [-0.15, -0.1) is 0 Å². The van der Waals surface area contributed by atoms with Crippen molar-refractivity contribution in [3.8, 4) is 0 Å². The second kappa shape index (κ2) is 5.41. The molecule has 0 saturated carbocycles. The molecule has 19 heavy (non-hydrogen) atoms. The van der Waals surface area contributed by atoms with Gasteiger partial charge in [0.2, 0.25) is 0 Å². The second-order valence-electron chi connectivity index (χ2n) is 5.19. The molecule has 96 valence electrons. The van der Waals surface area contributed by atoms with E-state index in [4.69, 9.17) is 0 Å². The quantitative estimate of drug-likeness (QED) is 0.759. The molecule has 0 saturated heterocycles. The van der Waals surface area contributed by atoms with Gasteiger partial charge in [0, 0.05) is 6.42 Å². The molecule has 4 aliphatic rings. The number of aliphatic hydroxyl groups excluding tert-OH is 1. The molecule has 0 fully saturated rings. The summed E-state index contributed by atoms with van der Waals surface area (Å²) in [5.74, 6) is 0. The van der Waals surface area contributed by atoms with E-state index in [2.05, 4.69) is 48.5 Å². The molecule has 0 radical (unpaired) electrons. The Balaban J connectivity index is 1.95. The van der Waals surface area contributed by atoms with Crippen LogP contribution in [-0.4, -0.2) is 11.2 Å². The average molecular weight is 250 g/mol. The highest BCUT2D eigenvalue weighted by Gasteiger charge is 2.03. The number of benzene rings is 2. The molecule has 1 atom stereocenters. The number of aliphatic hydroxyl groups is 1. The van der Waals surface area contributed by atoms with Crippen molar-refractivity contribution >= 4 is 6.08 Å². The maximum absolute atomic E-state index is 10.0. The van der Waals surface area contributed by atoms with E-state index in [9.17, 15) is 5.11 Å². The lowest BCUT2D eigenvalue weighted by atomic mass is 9.99. The topological polar surface area (TPSA) is 20.2 Å². The van der Waals surface area contributed by atoms with Gasteiger partial charge in [0.05, 0.1) is 6.10 Å². The lowest BCUT2D eigenvalue weighted by Gasteiger charge is -2.09. The number of aryl methyl sites for hydroxylation is 2. The van der Waals surface area contributed by atoms with Crippen molar-refractivity contribution in [2.45, 2.75) is 25.4 Å². The van der Waals surface area contributed by atoms with Crippen LogP contribution in [0.25, 0.3) is 6.08 Å². The van der Waals surface area contributed by atoms with Crippen molar-refractivity contribution in [3.63, 3.8) is 0 Å². The first-order chi connectivity index (χ1) is 9.29. The lowest BCUT2D eigenvalue weighted by Crippen LogP contribution is -2.06. The Bertz CT molecular complexity index is 564. The maximum Gasteiger partial charge on any atom is 0.0764 e. The standard InChI is InChI=1S/C18H18O/c19-18-12-11-16-5-3-14(4-6-16)1-2-15-7-9-17(13-18)10-8-15/h3-12,18-19H,1-2,13H2/b12-11-/t18-/m0/s1. The number of hydrogen-bond acceptors (Lipinski definition) is 1. The molecule has 4 bridgehead atoms. The van der Waals surface area contributed by atoms with Crippen molar-refractivity contribution in [1.29, 1.82) is 0 Å². The first-order valence-electron chi connectivity index (χ1n) is 6.83. The Hall–Kier alpha value is -1.86. The van der Waals surface area contributed by atoms with E-state index in [0.29, 0.717) is 6.42 Å². The van der Waals surface area contributed by atoms with E-state index in [1.54, 1.807) is 0 Å². The van der Waals surface area contributed by atoms with Gasteiger partial charge in [0.25, 0.3) is 0 Å². The molecule has 0 aliphatic heterocycles. The van der Waals surface area contributed by atoms with E-state index in [-0.39, 0.29) is 0 Å². The van der Waals surface area contributed by atoms with E-state index < -0.39 is 6.10 Å². The molecular formula is C18H18O. The van der Waals surface area contributed by atoms with Crippen LogP contribution in [0.4, 0.5) is 0 Å². The SMILES string of the molecule is O[C@H]1/C=C\c2ccc(cc2)CCc2ccc(cc2)C1. The largest absolute Gasteiger partial charge is 0.389 e. The molecule has 0 aromatic heterocycles. The summed E-state index contributed by atoms with van der Waals surface area (Å²) in [7, 11) is 0. The third-order valence-corrected chi connectivity index (χ3v) is 3.66. The summed E-state index contributed by atoms with van der Waals surface area (Å²) >= 11 is 0. The molecular weight excluding hydrogens is 232 g/mol. The van der Waals surface area contributed by atoms with Crippen LogP contribution in [0.1, 0.15) is 22.3 Å². The van der Waals surface area contributed by atoms with Gasteiger partial charge >= 0.3 is 0 Å². The first-order valence-corrected chi connectivity index (χ1v) is 6.83. The van der Waals surface area contributed by atoms with Crippen molar-refractivity contribution < 1.29 is 5.11 Å². The summed E-state index contributed by atoms with van der Waals surface area (Å²) in [5.41, 5.74) is 5.05. The van der Waals surface area contributed by atoms with Crippen molar-refractivity contribution in [2.75, 3.05) is 0 Å². The Morgan fingerprint density at radius 3 is 1.89 bits per heavy atom. The fourth-order valence-electron chi connectivity index (χ4n) is 2.46. The van der Waals surface area contributed by atoms with E-state index in [1.165, 1.54) is 16.7 Å². The summed E-state index contributed by atoms with van der Waals surface area (Å²) < 4.78 is 0. The minimum absolute atomic E-state index is 0.423. The third-order valence-electron chi connectivity index (χ3n) is 3.66. The zero-order valence-electron chi connectivity index (χ0n) is 10.9. The molecule has 0 spiro atoms. The molecule has 2 aromatic rings. The second-order valence-corrected chi connectivity index (χ2v) is 5.19. The highest BCUT2D eigenvalue weighted by molar-refractivity contribution is 5.50. The minimum Gasteiger partial charge on any atom is -0.389 e. The lowest BCUT2D eigenvalue weighted by molar-refractivity contribution is 0.224. The van der Waals surface area contributed by atoms with Gasteiger partial charge in [-0.3, -0.25) is 0 Å². The van der Waals surface area contributed by atoms with Gasteiger partial charge in [0.1, 0.15) is 0 Å². The van der Waals surface area contributed by atoms with Gasteiger partial charge in [-0.2, -0.15) is 0 Å². The van der Waals surface area contributed by atoms with Gasteiger partial charge in [0.15, 0.2) is 0 Å².